The topological polar surface area (TPSA) is 75.4 Å². The average Bonchev–Trinajstić information content (AvgIpc) is 2.75. The fourth-order valence-corrected chi connectivity index (χ4v) is 3.83. The van der Waals surface area contributed by atoms with Gasteiger partial charge in [-0.3, -0.25) is 4.79 Å². The molecule has 1 aromatic carbocycles. The summed E-state index contributed by atoms with van der Waals surface area (Å²) in [5.41, 5.74) is 7.69. The van der Waals surface area contributed by atoms with Crippen LogP contribution < -0.4 is 11.1 Å². The minimum absolute atomic E-state index is 0.116. The van der Waals surface area contributed by atoms with Gasteiger partial charge in [-0.15, -0.1) is 0 Å². The summed E-state index contributed by atoms with van der Waals surface area (Å²) in [7, 11) is 0. The minimum Gasteiger partial charge on any atom is -0.390 e. The first-order valence-corrected chi connectivity index (χ1v) is 7.85. The molecular weight excluding hydrogens is 264 g/mol. The largest absolute Gasteiger partial charge is 0.390 e. The fourth-order valence-electron chi connectivity index (χ4n) is 3.83. The van der Waals surface area contributed by atoms with Gasteiger partial charge < -0.3 is 16.2 Å². The van der Waals surface area contributed by atoms with Crippen LogP contribution in [0.15, 0.2) is 24.3 Å². The number of carbonyl (C=O) groups is 1. The Bertz CT molecular complexity index is 545. The van der Waals surface area contributed by atoms with E-state index in [-0.39, 0.29) is 11.9 Å². The fraction of sp³-hybridized carbons (Fsp3) is 0.588. The number of aliphatic hydroxyl groups is 1. The SMILES string of the molecule is CC1CCCC(N)(C(=O)N[C@H]2c3ccccc3C[C@H]2O)C1. The van der Waals surface area contributed by atoms with Gasteiger partial charge in [-0.25, -0.2) is 0 Å². The Balaban J connectivity index is 1.76. The summed E-state index contributed by atoms with van der Waals surface area (Å²) in [6.45, 7) is 2.15. The number of amides is 1. The molecule has 1 amide bonds. The maximum absolute atomic E-state index is 12.6. The van der Waals surface area contributed by atoms with Crippen LogP contribution in [0.25, 0.3) is 0 Å². The van der Waals surface area contributed by atoms with Gasteiger partial charge in [0.1, 0.15) is 0 Å². The number of aliphatic hydroxyl groups excluding tert-OH is 1. The Kier molecular flexibility index (Phi) is 3.76. The predicted molar refractivity (Wildman–Crippen MR) is 81.6 cm³/mol. The van der Waals surface area contributed by atoms with E-state index in [0.717, 1.165) is 36.8 Å². The van der Waals surface area contributed by atoms with E-state index in [2.05, 4.69) is 12.2 Å². The summed E-state index contributed by atoms with van der Waals surface area (Å²) in [6, 6.07) is 7.56. The molecule has 1 saturated carbocycles. The van der Waals surface area contributed by atoms with Crippen LogP contribution in [0, 0.1) is 5.92 Å². The number of nitrogens with one attached hydrogen (secondary N) is 1. The van der Waals surface area contributed by atoms with Crippen LogP contribution in [0.4, 0.5) is 0 Å². The van der Waals surface area contributed by atoms with Crippen molar-refractivity contribution in [2.24, 2.45) is 11.7 Å². The van der Waals surface area contributed by atoms with Crippen molar-refractivity contribution in [2.75, 3.05) is 0 Å². The molecule has 2 unspecified atom stereocenters. The smallest absolute Gasteiger partial charge is 0.240 e. The standard InChI is InChI=1S/C17H24N2O2/c1-11-5-4-8-17(18,10-11)16(21)19-15-13-7-3-2-6-12(13)9-14(15)20/h2-3,6-7,11,14-15,20H,4-5,8-10,18H2,1H3,(H,19,21)/t11?,14-,15+,17?/m1/s1. The molecule has 0 radical (unpaired) electrons. The van der Waals surface area contributed by atoms with Crippen molar-refractivity contribution >= 4 is 5.91 Å². The summed E-state index contributed by atoms with van der Waals surface area (Å²) in [5, 5.41) is 13.2. The monoisotopic (exact) mass is 288 g/mol. The molecule has 0 aliphatic heterocycles. The second-order valence-corrected chi connectivity index (χ2v) is 6.78. The van der Waals surface area contributed by atoms with E-state index in [9.17, 15) is 9.90 Å². The van der Waals surface area contributed by atoms with E-state index >= 15 is 0 Å². The van der Waals surface area contributed by atoms with Crippen LogP contribution in [0.2, 0.25) is 0 Å². The number of carbonyl (C=O) groups excluding carboxylic acids is 1. The highest BCUT2D eigenvalue weighted by molar-refractivity contribution is 5.86. The summed E-state index contributed by atoms with van der Waals surface area (Å²) in [5.74, 6) is 0.366. The van der Waals surface area contributed by atoms with Gasteiger partial charge in [0.15, 0.2) is 0 Å². The van der Waals surface area contributed by atoms with Gasteiger partial charge in [-0.2, -0.15) is 0 Å². The Morgan fingerprint density at radius 2 is 2.19 bits per heavy atom. The van der Waals surface area contributed by atoms with E-state index in [4.69, 9.17) is 5.73 Å². The molecule has 114 valence electrons. The number of hydrogen-bond acceptors (Lipinski definition) is 3. The second kappa shape index (κ2) is 5.43. The molecule has 4 heteroatoms. The molecule has 4 atom stereocenters. The third-order valence-electron chi connectivity index (χ3n) is 4.98. The van der Waals surface area contributed by atoms with Gasteiger partial charge in [-0.05, 0) is 29.9 Å². The van der Waals surface area contributed by atoms with Gasteiger partial charge in [0, 0.05) is 6.42 Å². The molecule has 21 heavy (non-hydrogen) atoms. The van der Waals surface area contributed by atoms with Crippen LogP contribution in [-0.2, 0) is 11.2 Å². The Labute approximate surface area is 125 Å². The Morgan fingerprint density at radius 3 is 2.95 bits per heavy atom. The van der Waals surface area contributed by atoms with E-state index in [1.807, 2.05) is 24.3 Å². The zero-order chi connectivity index (χ0) is 15.0. The molecule has 1 aromatic rings. The maximum Gasteiger partial charge on any atom is 0.240 e. The van der Waals surface area contributed by atoms with E-state index in [1.165, 1.54) is 0 Å². The van der Waals surface area contributed by atoms with Crippen molar-refractivity contribution in [3.05, 3.63) is 35.4 Å². The van der Waals surface area contributed by atoms with Crippen molar-refractivity contribution in [3.63, 3.8) is 0 Å². The van der Waals surface area contributed by atoms with Crippen LogP contribution in [-0.4, -0.2) is 22.7 Å². The third kappa shape index (κ3) is 2.70. The molecule has 0 saturated heterocycles. The van der Waals surface area contributed by atoms with Crippen molar-refractivity contribution in [1.29, 1.82) is 0 Å². The Morgan fingerprint density at radius 1 is 1.43 bits per heavy atom. The zero-order valence-corrected chi connectivity index (χ0v) is 12.5. The van der Waals surface area contributed by atoms with Crippen LogP contribution in [0.3, 0.4) is 0 Å². The number of nitrogens with two attached hydrogens (primary N) is 1. The van der Waals surface area contributed by atoms with E-state index < -0.39 is 11.6 Å². The minimum atomic E-state index is -0.783. The van der Waals surface area contributed by atoms with Gasteiger partial charge >= 0.3 is 0 Å². The van der Waals surface area contributed by atoms with Gasteiger partial charge in [0.05, 0.1) is 17.7 Å². The summed E-state index contributed by atoms with van der Waals surface area (Å²) < 4.78 is 0. The molecule has 3 rings (SSSR count). The summed E-state index contributed by atoms with van der Waals surface area (Å²) >= 11 is 0. The zero-order valence-electron chi connectivity index (χ0n) is 12.5. The average molecular weight is 288 g/mol. The van der Waals surface area contributed by atoms with Gasteiger partial charge in [-0.1, -0.05) is 44.0 Å². The molecule has 4 N–H and O–H groups in total. The normalized spacial score (nSPS) is 35.3. The lowest BCUT2D eigenvalue weighted by molar-refractivity contribution is -0.129. The molecule has 0 spiro atoms. The lowest BCUT2D eigenvalue weighted by atomic mass is 9.76. The van der Waals surface area contributed by atoms with Gasteiger partial charge in [0.2, 0.25) is 5.91 Å². The first kappa shape index (κ1) is 14.5. The molecule has 1 fully saturated rings. The van der Waals surface area contributed by atoms with E-state index in [0.29, 0.717) is 12.3 Å². The number of fused-ring (bicyclic) bond motifs is 1. The molecule has 0 aromatic heterocycles. The first-order valence-electron chi connectivity index (χ1n) is 7.85. The maximum atomic E-state index is 12.6. The molecule has 2 aliphatic carbocycles. The van der Waals surface area contributed by atoms with Crippen molar-refractivity contribution in [2.45, 2.75) is 56.7 Å². The second-order valence-electron chi connectivity index (χ2n) is 6.78. The Hall–Kier alpha value is -1.39. The van der Waals surface area contributed by atoms with E-state index in [1.54, 1.807) is 0 Å². The van der Waals surface area contributed by atoms with Crippen molar-refractivity contribution in [1.82, 2.24) is 5.32 Å². The number of benzene rings is 1. The first-order chi connectivity index (χ1) is 9.99. The molecule has 4 nitrogen and oxygen atoms in total. The van der Waals surface area contributed by atoms with Crippen LogP contribution in [0.5, 0.6) is 0 Å². The van der Waals surface area contributed by atoms with Crippen LogP contribution in [0.1, 0.15) is 49.8 Å². The number of hydrogen-bond donors (Lipinski definition) is 3. The third-order valence-corrected chi connectivity index (χ3v) is 4.98. The van der Waals surface area contributed by atoms with Gasteiger partial charge in [0.25, 0.3) is 0 Å². The predicted octanol–water partition coefficient (Wildman–Crippen LogP) is 1.67. The lowest BCUT2D eigenvalue weighted by Crippen LogP contribution is -2.57. The molecule has 0 bridgehead atoms. The highest BCUT2D eigenvalue weighted by Crippen LogP contribution is 2.34. The summed E-state index contributed by atoms with van der Waals surface area (Å²) in [6.07, 6.45) is 3.62. The summed E-state index contributed by atoms with van der Waals surface area (Å²) in [4.78, 5) is 12.6. The highest BCUT2D eigenvalue weighted by atomic mass is 16.3. The molecular formula is C17H24N2O2. The van der Waals surface area contributed by atoms with Crippen molar-refractivity contribution < 1.29 is 9.90 Å². The quantitative estimate of drug-likeness (QED) is 0.775. The molecule has 2 aliphatic rings. The highest BCUT2D eigenvalue weighted by Gasteiger charge is 2.41. The number of rotatable bonds is 2. The van der Waals surface area contributed by atoms with Crippen molar-refractivity contribution in [3.8, 4) is 0 Å². The lowest BCUT2D eigenvalue weighted by Gasteiger charge is -2.36. The van der Waals surface area contributed by atoms with Crippen LogP contribution >= 0.6 is 0 Å². The molecule has 0 heterocycles.